The van der Waals surface area contributed by atoms with E-state index < -0.39 is 5.41 Å². The molecule has 4 aliphatic rings. The minimum absolute atomic E-state index is 0.104. The highest BCUT2D eigenvalue weighted by Gasteiger charge is 2.48. The number of anilines is 3. The van der Waals surface area contributed by atoms with Crippen LogP contribution in [0.5, 0.6) is 0 Å². The lowest BCUT2D eigenvalue weighted by atomic mass is 9.68. The quantitative estimate of drug-likeness (QED) is 0.131. The van der Waals surface area contributed by atoms with Crippen LogP contribution in [0.3, 0.4) is 0 Å². The largest absolute Gasteiger partial charge is 0.310 e. The lowest BCUT2D eigenvalue weighted by Crippen LogP contribution is -2.28. The van der Waals surface area contributed by atoms with Crippen LogP contribution in [0.15, 0.2) is 200 Å². The molecule has 68 heavy (non-hydrogen) atoms. The van der Waals surface area contributed by atoms with Crippen LogP contribution >= 0.6 is 0 Å². The molecule has 0 N–H and O–H groups in total. The third-order valence-corrected chi connectivity index (χ3v) is 16.6. The second-order valence-electron chi connectivity index (χ2n) is 19.5. The Morgan fingerprint density at radius 1 is 0.471 bits per heavy atom. The molecule has 9 aromatic rings. The van der Waals surface area contributed by atoms with Gasteiger partial charge in [-0.3, -0.25) is 0 Å². The topological polar surface area (TPSA) is 3.24 Å². The lowest BCUT2D eigenvalue weighted by molar-refractivity contribution is 0.490. The summed E-state index contributed by atoms with van der Waals surface area (Å²) in [7, 11) is 0. The second kappa shape index (κ2) is 15.7. The predicted molar refractivity (Wildman–Crippen MR) is 283 cm³/mol. The molecule has 9 aromatic carbocycles. The third kappa shape index (κ3) is 5.71. The summed E-state index contributed by atoms with van der Waals surface area (Å²) in [6.07, 6.45) is 11.7. The van der Waals surface area contributed by atoms with E-state index in [1.54, 1.807) is 0 Å². The van der Waals surface area contributed by atoms with Crippen molar-refractivity contribution in [3.8, 4) is 33.4 Å². The highest BCUT2D eigenvalue weighted by molar-refractivity contribution is 5.94. The van der Waals surface area contributed by atoms with Gasteiger partial charge in [0.25, 0.3) is 0 Å². The van der Waals surface area contributed by atoms with Crippen LogP contribution in [0.1, 0.15) is 108 Å². The number of hydrogen-bond donors (Lipinski definition) is 0. The van der Waals surface area contributed by atoms with E-state index in [-0.39, 0.29) is 10.8 Å². The van der Waals surface area contributed by atoms with Gasteiger partial charge < -0.3 is 4.90 Å². The minimum atomic E-state index is -0.505. The zero-order valence-corrected chi connectivity index (χ0v) is 38.9. The molecule has 1 saturated carbocycles. The maximum Gasteiger partial charge on any atom is 0.0792 e. The number of fused-ring (bicyclic) bond motifs is 11. The van der Waals surface area contributed by atoms with E-state index in [2.05, 4.69) is 237 Å². The molecule has 0 radical (unpaired) electrons. The zero-order chi connectivity index (χ0) is 45.5. The molecule has 1 atom stereocenters. The molecular weight excluding hydrogens is 819 g/mol. The van der Waals surface area contributed by atoms with Gasteiger partial charge in [-0.05, 0) is 158 Å². The van der Waals surface area contributed by atoms with E-state index in [0.717, 1.165) is 18.4 Å². The van der Waals surface area contributed by atoms with Gasteiger partial charge in [-0.2, -0.15) is 0 Å². The third-order valence-electron chi connectivity index (χ3n) is 16.6. The normalized spacial score (nSPS) is 15.9. The molecule has 1 unspecified atom stereocenters. The predicted octanol–water partition coefficient (Wildman–Crippen LogP) is 17.2. The van der Waals surface area contributed by atoms with E-state index in [9.17, 15) is 0 Å². The SMILES string of the molecule is CCC1(CC)c2cc(C=Cc3cccc4c3-c3ccccc3C4(c3c#cccc3)c3ccccc3)ccc2-c2ccc(N(c3ccccc3)c3ccc4c(c3)C3(CCCC3)c3ccccc3-4)cc21. The molecule has 4 aliphatic carbocycles. The fourth-order valence-corrected chi connectivity index (χ4v) is 13.6. The van der Waals surface area contributed by atoms with Crippen LogP contribution in [-0.4, -0.2) is 0 Å². The zero-order valence-electron chi connectivity index (χ0n) is 38.9. The van der Waals surface area contributed by atoms with Crippen LogP contribution in [0, 0.1) is 12.1 Å². The van der Waals surface area contributed by atoms with Crippen molar-refractivity contribution in [1.29, 1.82) is 0 Å². The Morgan fingerprint density at radius 3 is 1.79 bits per heavy atom. The van der Waals surface area contributed by atoms with Crippen molar-refractivity contribution in [3.05, 3.63) is 268 Å². The first-order valence-electron chi connectivity index (χ1n) is 24.8. The summed E-state index contributed by atoms with van der Waals surface area (Å²) in [5.41, 5.74) is 24.5. The van der Waals surface area contributed by atoms with E-state index in [0.29, 0.717) is 0 Å². The van der Waals surface area contributed by atoms with Gasteiger partial charge >= 0.3 is 0 Å². The average Bonchev–Trinajstić information content (AvgIpc) is 4.16. The molecule has 326 valence electrons. The summed E-state index contributed by atoms with van der Waals surface area (Å²) in [4.78, 5) is 2.51. The van der Waals surface area contributed by atoms with Gasteiger partial charge in [-0.15, -0.1) is 0 Å². The highest BCUT2D eigenvalue weighted by Crippen LogP contribution is 2.60. The van der Waals surface area contributed by atoms with E-state index >= 15 is 0 Å². The van der Waals surface area contributed by atoms with Crippen molar-refractivity contribution in [3.63, 3.8) is 0 Å². The Kier molecular flexibility index (Phi) is 9.39. The Bertz CT molecular complexity index is 3380. The molecule has 0 aromatic heterocycles. The van der Waals surface area contributed by atoms with Crippen LogP contribution < -0.4 is 4.90 Å². The van der Waals surface area contributed by atoms with Crippen molar-refractivity contribution in [2.45, 2.75) is 68.6 Å². The summed E-state index contributed by atoms with van der Waals surface area (Å²) in [6, 6.07) is 81.9. The van der Waals surface area contributed by atoms with Crippen molar-refractivity contribution in [2.75, 3.05) is 4.90 Å². The maximum atomic E-state index is 3.56. The molecule has 1 fully saturated rings. The molecule has 13 rings (SSSR count). The second-order valence-corrected chi connectivity index (χ2v) is 19.5. The molecule has 0 heterocycles. The smallest absolute Gasteiger partial charge is 0.0792 e. The summed E-state index contributed by atoms with van der Waals surface area (Å²) in [5.74, 6) is 0. The molecule has 1 nitrogen and oxygen atoms in total. The first kappa shape index (κ1) is 40.6. The number of benzene rings is 8. The molecule has 0 aliphatic heterocycles. The number of nitrogens with zero attached hydrogens (tertiary/aromatic N) is 1. The van der Waals surface area contributed by atoms with Crippen molar-refractivity contribution < 1.29 is 0 Å². The van der Waals surface area contributed by atoms with Crippen molar-refractivity contribution >= 4 is 29.2 Å². The minimum Gasteiger partial charge on any atom is -0.310 e. The van der Waals surface area contributed by atoms with Gasteiger partial charge in [0, 0.05) is 33.5 Å². The van der Waals surface area contributed by atoms with E-state index in [1.807, 2.05) is 6.07 Å². The maximum absolute atomic E-state index is 3.56. The first-order chi connectivity index (χ1) is 33.6. The molecule has 0 saturated heterocycles. The van der Waals surface area contributed by atoms with E-state index in [4.69, 9.17) is 0 Å². The van der Waals surface area contributed by atoms with Gasteiger partial charge in [0.2, 0.25) is 0 Å². The van der Waals surface area contributed by atoms with Crippen LogP contribution in [0.4, 0.5) is 17.1 Å². The number of hydrogen-bond acceptors (Lipinski definition) is 1. The lowest BCUT2D eigenvalue weighted by Gasteiger charge is -2.32. The summed E-state index contributed by atoms with van der Waals surface area (Å²) < 4.78 is 0. The van der Waals surface area contributed by atoms with Gasteiger partial charge in [-0.25, -0.2) is 0 Å². The molecule has 0 amide bonds. The summed E-state index contributed by atoms with van der Waals surface area (Å²) >= 11 is 0. The molecule has 1 spiro atoms. The van der Waals surface area contributed by atoms with E-state index in [1.165, 1.54) is 126 Å². The Balaban J connectivity index is 0.899. The number of para-hydroxylation sites is 1. The van der Waals surface area contributed by atoms with Crippen molar-refractivity contribution in [2.24, 2.45) is 0 Å². The van der Waals surface area contributed by atoms with Crippen molar-refractivity contribution in [1.82, 2.24) is 0 Å². The summed E-state index contributed by atoms with van der Waals surface area (Å²) in [5, 5.41) is 0. The molecule has 1 heteroatoms. The first-order valence-corrected chi connectivity index (χ1v) is 24.8. The van der Waals surface area contributed by atoms with Gasteiger partial charge in [0.15, 0.2) is 0 Å². The standard InChI is InChI=1S/C67H53N/c1-3-65(4-2)61-43-46(33-35-47-21-20-32-60-64(47)57-29-15-17-31-59(57)67(60,48-22-8-5-9-23-48)49-24-10-6-11-25-49)34-38-54(61)56-40-37-51(44-62(56)65)68(50-26-12-7-13-27-50)52-36-39-55-53-28-14-16-30-58(53)66(63(55)45-52)41-18-19-42-66/h5-10,12-17,20-24,26-40,43-45H,3-4,18-19,41-42H2,1-2H3. The van der Waals surface area contributed by atoms with Crippen LogP contribution in [-0.2, 0) is 16.2 Å². The van der Waals surface area contributed by atoms with Crippen LogP contribution in [0.2, 0.25) is 0 Å². The van der Waals surface area contributed by atoms with Gasteiger partial charge in [-0.1, -0.05) is 203 Å². The highest BCUT2D eigenvalue weighted by atomic mass is 15.1. The van der Waals surface area contributed by atoms with Gasteiger partial charge in [0.1, 0.15) is 0 Å². The Morgan fingerprint density at radius 2 is 1.07 bits per heavy atom. The fourth-order valence-electron chi connectivity index (χ4n) is 13.6. The monoisotopic (exact) mass is 871 g/mol. The van der Waals surface area contributed by atoms with Crippen LogP contribution in [0.25, 0.3) is 45.5 Å². The Hall–Kier alpha value is -7.66. The molecule has 0 bridgehead atoms. The fraction of sp³-hybridized carbons (Fsp3) is 0.164. The summed E-state index contributed by atoms with van der Waals surface area (Å²) in [6.45, 7) is 4.77. The Labute approximate surface area is 402 Å². The van der Waals surface area contributed by atoms with Gasteiger partial charge in [0.05, 0.1) is 5.41 Å². The average molecular weight is 872 g/mol. The molecular formula is C67H53N. The number of rotatable bonds is 9.